The van der Waals surface area contributed by atoms with Crippen molar-refractivity contribution in [2.45, 2.75) is 97.9 Å². The average Bonchev–Trinajstić information content (AvgIpc) is 2.77. The van der Waals surface area contributed by atoms with Gasteiger partial charge in [-0.2, -0.15) is 0 Å². The third-order valence-corrected chi connectivity index (χ3v) is 10.7. The van der Waals surface area contributed by atoms with Gasteiger partial charge in [0.05, 0.1) is 12.2 Å². The molecule has 0 aliphatic heterocycles. The van der Waals surface area contributed by atoms with Crippen LogP contribution < -0.4 is 0 Å². The van der Waals surface area contributed by atoms with Crippen LogP contribution in [0.15, 0.2) is 30.3 Å². The van der Waals surface area contributed by atoms with Gasteiger partial charge in [0, 0.05) is 4.92 Å². The average molecular weight is 508 g/mol. The molecule has 0 heterocycles. The van der Waals surface area contributed by atoms with Crippen molar-refractivity contribution in [1.82, 2.24) is 0 Å². The fourth-order valence-electron chi connectivity index (χ4n) is 6.23. The minimum atomic E-state index is -3.89. The molecular weight excluding hydrogens is 461 g/mol. The van der Waals surface area contributed by atoms with Crippen molar-refractivity contribution in [2.75, 3.05) is 6.54 Å². The van der Waals surface area contributed by atoms with E-state index in [0.717, 1.165) is 38.5 Å². The van der Waals surface area contributed by atoms with E-state index in [1.807, 2.05) is 30.3 Å². The smallest absolute Gasteiger partial charge is 0.304 e. The zero-order chi connectivity index (χ0) is 25.8. The summed E-state index contributed by atoms with van der Waals surface area (Å²) in [4.78, 5) is 11.5. The van der Waals surface area contributed by atoms with Crippen LogP contribution in [0.1, 0.15) is 91.3 Å². The second-order valence-electron chi connectivity index (χ2n) is 11.9. The van der Waals surface area contributed by atoms with E-state index in [1.165, 1.54) is 0 Å². The highest BCUT2D eigenvalue weighted by molar-refractivity contribution is 7.54. The topological polar surface area (TPSA) is 78.7 Å². The van der Waals surface area contributed by atoms with Gasteiger partial charge in [-0.05, 0) is 66.8 Å². The van der Waals surface area contributed by atoms with Gasteiger partial charge in [-0.3, -0.25) is 14.7 Å². The van der Waals surface area contributed by atoms with Gasteiger partial charge in [0.1, 0.15) is 0 Å². The molecule has 0 bridgehead atoms. The molecule has 0 aromatic heterocycles. The van der Waals surface area contributed by atoms with E-state index in [9.17, 15) is 14.7 Å². The number of nitrogens with zero attached hydrogens (tertiary/aromatic N) is 1. The molecule has 0 spiro atoms. The number of nitro groups is 1. The highest BCUT2D eigenvalue weighted by atomic mass is 31.2. The number of rotatable bonds is 10. The van der Waals surface area contributed by atoms with Gasteiger partial charge in [0.25, 0.3) is 0 Å². The normalized spacial score (nSPS) is 32.3. The first-order valence-electron chi connectivity index (χ1n) is 13.6. The second kappa shape index (κ2) is 12.3. The highest BCUT2D eigenvalue weighted by Crippen LogP contribution is 2.65. The molecular formula is C28H46NO5P. The fourth-order valence-corrected chi connectivity index (χ4v) is 8.68. The van der Waals surface area contributed by atoms with Crippen LogP contribution in [0.3, 0.4) is 0 Å². The van der Waals surface area contributed by atoms with E-state index in [4.69, 9.17) is 9.05 Å². The lowest BCUT2D eigenvalue weighted by Crippen LogP contribution is -2.37. The largest absolute Gasteiger partial charge is 0.345 e. The van der Waals surface area contributed by atoms with Gasteiger partial charge in [-0.15, -0.1) is 0 Å². The summed E-state index contributed by atoms with van der Waals surface area (Å²) in [6, 6.07) is 9.19. The first kappa shape index (κ1) is 28.3. The summed E-state index contributed by atoms with van der Waals surface area (Å²) in [6.45, 7) is 12.7. The Morgan fingerprint density at radius 2 is 1.34 bits per heavy atom. The predicted molar refractivity (Wildman–Crippen MR) is 141 cm³/mol. The van der Waals surface area contributed by atoms with Crippen LogP contribution in [0.25, 0.3) is 0 Å². The number of hydrogen-bond donors (Lipinski definition) is 0. The summed E-state index contributed by atoms with van der Waals surface area (Å²) in [6.07, 6.45) is 5.46. The summed E-state index contributed by atoms with van der Waals surface area (Å²) < 4.78 is 28.3. The fraction of sp³-hybridized carbons (Fsp3) is 0.786. The third-order valence-electron chi connectivity index (χ3n) is 8.38. The van der Waals surface area contributed by atoms with Crippen LogP contribution >= 0.6 is 7.60 Å². The monoisotopic (exact) mass is 507 g/mol. The lowest BCUT2D eigenvalue weighted by Gasteiger charge is -2.43. The van der Waals surface area contributed by atoms with Crippen molar-refractivity contribution in [3.05, 3.63) is 46.0 Å². The maximum absolute atomic E-state index is 15.0. The van der Waals surface area contributed by atoms with Crippen molar-refractivity contribution in [1.29, 1.82) is 0 Å². The summed E-state index contributed by atoms with van der Waals surface area (Å²) in [5.74, 6) is 2.22. The van der Waals surface area contributed by atoms with E-state index in [2.05, 4.69) is 41.5 Å². The molecule has 0 saturated heterocycles. The Hall–Kier alpha value is -1.23. The molecule has 198 valence electrons. The van der Waals surface area contributed by atoms with Crippen molar-refractivity contribution < 1.29 is 18.5 Å². The molecule has 2 fully saturated rings. The van der Waals surface area contributed by atoms with Gasteiger partial charge >= 0.3 is 7.60 Å². The van der Waals surface area contributed by atoms with Crippen LogP contribution in [0.2, 0.25) is 0 Å². The quantitative estimate of drug-likeness (QED) is 0.181. The second-order valence-corrected chi connectivity index (χ2v) is 14.0. The maximum atomic E-state index is 15.0. The predicted octanol–water partition coefficient (Wildman–Crippen LogP) is 8.15. The third kappa shape index (κ3) is 7.40. The Balaban J connectivity index is 2.03. The van der Waals surface area contributed by atoms with E-state index in [0.29, 0.717) is 29.2 Å². The van der Waals surface area contributed by atoms with Gasteiger partial charge < -0.3 is 9.05 Å². The Morgan fingerprint density at radius 1 is 0.886 bits per heavy atom. The van der Waals surface area contributed by atoms with E-state index >= 15 is 0 Å². The minimum absolute atomic E-state index is 0.221. The molecule has 35 heavy (non-hydrogen) atoms. The van der Waals surface area contributed by atoms with Gasteiger partial charge in [-0.25, -0.2) is 0 Å². The van der Waals surface area contributed by atoms with Crippen molar-refractivity contribution in [3.8, 4) is 0 Å². The van der Waals surface area contributed by atoms with Crippen molar-refractivity contribution >= 4 is 7.60 Å². The van der Waals surface area contributed by atoms with Crippen molar-refractivity contribution in [2.24, 2.45) is 35.5 Å². The van der Waals surface area contributed by atoms with Crippen LogP contribution in [0.5, 0.6) is 0 Å². The molecule has 0 amide bonds. The molecule has 1 unspecified atom stereocenters. The molecule has 1 aromatic rings. The summed E-state index contributed by atoms with van der Waals surface area (Å²) >= 11 is 0. The van der Waals surface area contributed by atoms with Crippen LogP contribution in [-0.2, 0) is 13.6 Å². The Kier molecular flexibility index (Phi) is 9.99. The SMILES string of the molecule is CC(C)[C@H]1CC[C@@H](C)C[C@H]1OP(=O)(O[C@@H]1C[C@@H](C)CC[C@H]1C(C)C)[C@@H](C[N+](=O)[O-])c1ccccc1. The molecule has 0 radical (unpaired) electrons. The Morgan fingerprint density at radius 3 is 1.74 bits per heavy atom. The summed E-state index contributed by atoms with van der Waals surface area (Å²) in [7, 11) is -3.89. The molecule has 8 atom stereocenters. The van der Waals surface area contributed by atoms with Crippen LogP contribution in [-0.4, -0.2) is 23.7 Å². The highest BCUT2D eigenvalue weighted by Gasteiger charge is 2.48. The molecule has 7 heteroatoms. The van der Waals surface area contributed by atoms with Gasteiger partial charge in [0.15, 0.2) is 5.66 Å². The zero-order valence-electron chi connectivity index (χ0n) is 22.5. The molecule has 0 N–H and O–H groups in total. The van der Waals surface area contributed by atoms with Crippen LogP contribution in [0.4, 0.5) is 0 Å². The summed E-state index contributed by atoms with van der Waals surface area (Å²) in [5, 5.41) is 11.8. The Labute approximate surface area is 212 Å². The minimum Gasteiger partial charge on any atom is -0.304 e. The van der Waals surface area contributed by atoms with E-state index < -0.39 is 19.8 Å². The molecule has 1 aromatic carbocycles. The summed E-state index contributed by atoms with van der Waals surface area (Å²) in [5.41, 5.74) is -0.267. The van der Waals surface area contributed by atoms with Crippen LogP contribution in [0, 0.1) is 45.6 Å². The lowest BCUT2D eigenvalue weighted by molar-refractivity contribution is -0.480. The van der Waals surface area contributed by atoms with Gasteiger partial charge in [0.2, 0.25) is 6.54 Å². The maximum Gasteiger partial charge on any atom is 0.345 e. The standard InChI is InChI=1S/C28H46NO5P/c1-19(2)24-14-12-21(5)16-26(24)33-35(32,28(18-29(30)31)23-10-8-7-9-11-23)34-27-17-22(6)13-15-25(27)20(3)4/h7-11,19-22,24-28H,12-18H2,1-6H3/t21-,22+,24-,25+,26-,27-,28+,35?/m1/s1. The first-order valence-corrected chi connectivity index (χ1v) is 15.2. The zero-order valence-corrected chi connectivity index (χ0v) is 23.4. The molecule has 6 nitrogen and oxygen atoms in total. The number of hydrogen-bond acceptors (Lipinski definition) is 5. The molecule has 3 rings (SSSR count). The first-order chi connectivity index (χ1) is 16.5. The van der Waals surface area contributed by atoms with Crippen molar-refractivity contribution in [3.63, 3.8) is 0 Å². The molecule has 2 saturated carbocycles. The van der Waals surface area contributed by atoms with Gasteiger partial charge in [-0.1, -0.05) is 84.7 Å². The Bertz CT molecular complexity index is 822. The molecule has 2 aliphatic rings. The lowest BCUT2D eigenvalue weighted by atomic mass is 9.75. The van der Waals surface area contributed by atoms with E-state index in [-0.39, 0.29) is 29.0 Å². The van der Waals surface area contributed by atoms with E-state index in [1.54, 1.807) is 0 Å². The molecule has 2 aliphatic carbocycles. The number of benzene rings is 1.